The summed E-state index contributed by atoms with van der Waals surface area (Å²) in [6, 6.07) is 4.39. The lowest BCUT2D eigenvalue weighted by atomic mass is 9.82. The van der Waals surface area contributed by atoms with Gasteiger partial charge in [-0.3, -0.25) is 9.89 Å². The van der Waals surface area contributed by atoms with Gasteiger partial charge in [-0.2, -0.15) is 0 Å². The van der Waals surface area contributed by atoms with Crippen molar-refractivity contribution in [2.75, 3.05) is 39.8 Å². The van der Waals surface area contributed by atoms with Gasteiger partial charge in [-0.05, 0) is 50.9 Å². The first-order valence-electron chi connectivity index (χ1n) is 10.7. The van der Waals surface area contributed by atoms with Crippen molar-refractivity contribution < 1.29 is 9.15 Å². The zero-order valence-electron chi connectivity index (χ0n) is 16.8. The van der Waals surface area contributed by atoms with Gasteiger partial charge in [0, 0.05) is 38.5 Å². The van der Waals surface area contributed by atoms with E-state index < -0.39 is 0 Å². The van der Waals surface area contributed by atoms with Gasteiger partial charge in [-0.15, -0.1) is 24.0 Å². The molecule has 0 radical (unpaired) electrons. The average molecular weight is 500 g/mol. The van der Waals surface area contributed by atoms with E-state index in [2.05, 4.69) is 26.2 Å². The van der Waals surface area contributed by atoms with Crippen LogP contribution in [0.1, 0.15) is 43.9 Å². The molecule has 1 aromatic rings. The summed E-state index contributed by atoms with van der Waals surface area (Å²) >= 11 is 0. The molecular weight excluding hydrogens is 467 g/mol. The molecule has 0 amide bonds. The summed E-state index contributed by atoms with van der Waals surface area (Å²) in [4.78, 5) is 9.63. The van der Waals surface area contributed by atoms with E-state index in [4.69, 9.17) is 9.15 Å². The van der Waals surface area contributed by atoms with E-state index in [9.17, 15) is 0 Å². The van der Waals surface area contributed by atoms with Gasteiger partial charge in [0.2, 0.25) is 0 Å². The fourth-order valence-corrected chi connectivity index (χ4v) is 5.77. The van der Waals surface area contributed by atoms with Crippen molar-refractivity contribution >= 4 is 29.9 Å². The molecule has 5 atom stereocenters. The van der Waals surface area contributed by atoms with Gasteiger partial charge in [0.15, 0.2) is 5.96 Å². The Bertz CT molecular complexity index is 643. The second kappa shape index (κ2) is 8.92. The lowest BCUT2D eigenvalue weighted by Crippen LogP contribution is -2.46. The van der Waals surface area contributed by atoms with Crippen LogP contribution in [0.15, 0.2) is 27.8 Å². The molecular formula is C21H33IN4O2. The number of hydrogen-bond donors (Lipinski definition) is 1. The fourth-order valence-electron chi connectivity index (χ4n) is 5.77. The second-order valence-electron chi connectivity index (χ2n) is 8.58. The van der Waals surface area contributed by atoms with Crippen LogP contribution >= 0.6 is 24.0 Å². The van der Waals surface area contributed by atoms with Crippen molar-refractivity contribution in [2.24, 2.45) is 16.8 Å². The van der Waals surface area contributed by atoms with E-state index in [1.54, 1.807) is 6.26 Å². The predicted molar refractivity (Wildman–Crippen MR) is 120 cm³/mol. The molecule has 5 unspecified atom stereocenters. The molecule has 0 aromatic carbocycles. The average Bonchev–Trinajstić information content (AvgIpc) is 3.48. The Labute approximate surface area is 185 Å². The molecule has 1 N–H and O–H groups in total. The van der Waals surface area contributed by atoms with Crippen LogP contribution in [-0.2, 0) is 4.74 Å². The monoisotopic (exact) mass is 500 g/mol. The van der Waals surface area contributed by atoms with Crippen LogP contribution in [-0.4, -0.2) is 67.7 Å². The molecule has 2 bridgehead atoms. The number of fused-ring (bicyclic) bond motifs is 5. The molecule has 7 heteroatoms. The van der Waals surface area contributed by atoms with Crippen molar-refractivity contribution in [2.45, 2.75) is 50.4 Å². The number of rotatable bonds is 4. The molecule has 5 rings (SSSR count). The van der Waals surface area contributed by atoms with E-state index >= 15 is 0 Å². The third kappa shape index (κ3) is 3.81. The molecule has 0 spiro atoms. The summed E-state index contributed by atoms with van der Waals surface area (Å²) < 4.78 is 11.9. The summed E-state index contributed by atoms with van der Waals surface area (Å²) in [5.41, 5.74) is 0. The number of halogens is 1. The lowest BCUT2D eigenvalue weighted by molar-refractivity contribution is 0.0766. The maximum absolute atomic E-state index is 6.12. The van der Waals surface area contributed by atoms with Crippen LogP contribution in [0.4, 0.5) is 0 Å². The van der Waals surface area contributed by atoms with Crippen LogP contribution in [0, 0.1) is 11.8 Å². The summed E-state index contributed by atoms with van der Waals surface area (Å²) in [5, 5.41) is 3.67. The normalized spacial score (nSPS) is 33.6. The Morgan fingerprint density at radius 3 is 2.50 bits per heavy atom. The van der Waals surface area contributed by atoms with Crippen LogP contribution in [0.25, 0.3) is 0 Å². The first kappa shape index (κ1) is 20.5. The highest BCUT2D eigenvalue weighted by atomic mass is 127. The maximum Gasteiger partial charge on any atom is 0.193 e. The van der Waals surface area contributed by atoms with Gasteiger partial charge in [0.05, 0.1) is 24.5 Å². The van der Waals surface area contributed by atoms with E-state index in [-0.39, 0.29) is 30.0 Å². The largest absolute Gasteiger partial charge is 0.468 e. The standard InChI is InChI=1S/C21H32N4O2.HI/c1-22-21(25-13-15-16(14-25)19-8-7-18(15)27-19)23-12-17(20-6-5-11-26-20)24-9-3-2-4-10-24;/h5-6,11,15-19H,2-4,7-10,12-14H2,1H3,(H,22,23);1H. The minimum atomic E-state index is 0. The molecule has 5 heterocycles. The smallest absolute Gasteiger partial charge is 0.193 e. The summed E-state index contributed by atoms with van der Waals surface area (Å²) in [7, 11) is 1.91. The van der Waals surface area contributed by atoms with Crippen molar-refractivity contribution in [1.82, 2.24) is 15.1 Å². The topological polar surface area (TPSA) is 53.2 Å². The van der Waals surface area contributed by atoms with Gasteiger partial charge >= 0.3 is 0 Å². The van der Waals surface area contributed by atoms with Gasteiger partial charge in [0.25, 0.3) is 0 Å². The van der Waals surface area contributed by atoms with Gasteiger partial charge in [-0.25, -0.2) is 0 Å². The van der Waals surface area contributed by atoms with Crippen molar-refractivity contribution in [1.29, 1.82) is 0 Å². The quantitative estimate of drug-likeness (QED) is 0.391. The third-order valence-electron chi connectivity index (χ3n) is 7.12. The van der Waals surface area contributed by atoms with E-state index in [1.165, 1.54) is 32.1 Å². The van der Waals surface area contributed by atoms with E-state index in [0.29, 0.717) is 24.0 Å². The molecule has 1 aromatic heterocycles. The fraction of sp³-hybridized carbons (Fsp3) is 0.762. The zero-order chi connectivity index (χ0) is 18.2. The van der Waals surface area contributed by atoms with Gasteiger partial charge < -0.3 is 19.4 Å². The van der Waals surface area contributed by atoms with Crippen LogP contribution < -0.4 is 5.32 Å². The van der Waals surface area contributed by atoms with E-state index in [0.717, 1.165) is 44.4 Å². The predicted octanol–water partition coefficient (Wildman–Crippen LogP) is 3.11. The number of aliphatic imine (C=N–C) groups is 1. The van der Waals surface area contributed by atoms with Crippen LogP contribution in [0.2, 0.25) is 0 Å². The Hall–Kier alpha value is -0.800. The van der Waals surface area contributed by atoms with Crippen LogP contribution in [0.5, 0.6) is 0 Å². The van der Waals surface area contributed by atoms with Gasteiger partial charge in [0.1, 0.15) is 5.76 Å². The number of guanidine groups is 1. The minimum Gasteiger partial charge on any atom is -0.468 e. The molecule has 0 saturated carbocycles. The Balaban J connectivity index is 0.00000192. The van der Waals surface area contributed by atoms with E-state index in [1.807, 2.05) is 13.1 Å². The summed E-state index contributed by atoms with van der Waals surface area (Å²) in [6.45, 7) is 5.32. The van der Waals surface area contributed by atoms with Crippen molar-refractivity contribution in [3.63, 3.8) is 0 Å². The Morgan fingerprint density at radius 1 is 1.18 bits per heavy atom. The van der Waals surface area contributed by atoms with Crippen molar-refractivity contribution in [3.8, 4) is 0 Å². The number of nitrogens with one attached hydrogen (secondary N) is 1. The minimum absolute atomic E-state index is 0. The Kier molecular flexibility index (Phi) is 6.52. The molecule has 4 aliphatic heterocycles. The number of ether oxygens (including phenoxy) is 1. The second-order valence-corrected chi connectivity index (χ2v) is 8.58. The number of hydrogen-bond acceptors (Lipinski definition) is 4. The van der Waals surface area contributed by atoms with Crippen molar-refractivity contribution in [3.05, 3.63) is 24.2 Å². The molecule has 28 heavy (non-hydrogen) atoms. The highest BCUT2D eigenvalue weighted by molar-refractivity contribution is 14.0. The third-order valence-corrected chi connectivity index (χ3v) is 7.12. The summed E-state index contributed by atoms with van der Waals surface area (Å²) in [5.74, 6) is 3.50. The number of furan rings is 1. The molecule has 4 aliphatic rings. The highest BCUT2D eigenvalue weighted by Crippen LogP contribution is 2.47. The lowest BCUT2D eigenvalue weighted by Gasteiger charge is -2.34. The molecule has 156 valence electrons. The molecule has 4 fully saturated rings. The SMILES string of the molecule is CN=C(NCC(c1ccco1)N1CCCCC1)N1CC2C3CCC(O3)C2C1.I. The number of piperidine rings is 1. The number of likely N-dealkylation sites (tertiary alicyclic amines) is 2. The Morgan fingerprint density at radius 2 is 1.89 bits per heavy atom. The summed E-state index contributed by atoms with van der Waals surface area (Å²) in [6.07, 6.45) is 9.19. The first-order valence-corrected chi connectivity index (χ1v) is 10.7. The maximum atomic E-state index is 6.12. The van der Waals surface area contributed by atoms with Crippen LogP contribution in [0.3, 0.4) is 0 Å². The van der Waals surface area contributed by atoms with Gasteiger partial charge in [-0.1, -0.05) is 6.42 Å². The number of nitrogens with zero attached hydrogens (tertiary/aromatic N) is 3. The molecule has 4 saturated heterocycles. The molecule has 0 aliphatic carbocycles. The highest BCUT2D eigenvalue weighted by Gasteiger charge is 2.53. The first-order chi connectivity index (χ1) is 13.3. The molecule has 6 nitrogen and oxygen atoms in total. The zero-order valence-corrected chi connectivity index (χ0v) is 19.1.